The van der Waals surface area contributed by atoms with Crippen molar-refractivity contribution < 1.29 is 0 Å². The van der Waals surface area contributed by atoms with Crippen molar-refractivity contribution in [1.29, 1.82) is 0 Å². The summed E-state index contributed by atoms with van der Waals surface area (Å²) in [6.07, 6.45) is 8.49. The molecule has 1 N–H and O–H groups in total. The second-order valence-electron chi connectivity index (χ2n) is 5.21. The van der Waals surface area contributed by atoms with Gasteiger partial charge in [-0.15, -0.1) is 0 Å². The zero-order chi connectivity index (χ0) is 12.8. The minimum absolute atomic E-state index is 0.842. The summed E-state index contributed by atoms with van der Waals surface area (Å²) in [6, 6.07) is 6.09. The van der Waals surface area contributed by atoms with Gasteiger partial charge in [-0.05, 0) is 36.6 Å². The number of halogens is 2. The molecule has 1 fully saturated rings. The van der Waals surface area contributed by atoms with Crippen LogP contribution in [0.15, 0.2) is 22.7 Å². The van der Waals surface area contributed by atoms with Gasteiger partial charge in [-0.2, -0.15) is 0 Å². The quantitative estimate of drug-likeness (QED) is 0.735. The monoisotopic (exact) mass is 329 g/mol. The Kier molecular flexibility index (Phi) is 6.00. The van der Waals surface area contributed by atoms with Crippen LogP contribution in [0.5, 0.6) is 0 Å². The van der Waals surface area contributed by atoms with Crippen molar-refractivity contribution in [3.63, 3.8) is 0 Å². The molecule has 0 radical (unpaired) electrons. The van der Waals surface area contributed by atoms with Gasteiger partial charge >= 0.3 is 0 Å². The van der Waals surface area contributed by atoms with Crippen LogP contribution in [0.1, 0.15) is 44.1 Å². The van der Waals surface area contributed by atoms with Crippen LogP contribution >= 0.6 is 27.5 Å². The van der Waals surface area contributed by atoms with Gasteiger partial charge in [0.15, 0.2) is 0 Å². The molecule has 1 saturated carbocycles. The molecular formula is C15H21BrClN. The summed E-state index contributed by atoms with van der Waals surface area (Å²) in [5, 5.41) is 4.35. The minimum Gasteiger partial charge on any atom is -0.313 e. The highest BCUT2D eigenvalue weighted by Crippen LogP contribution is 2.26. The third-order valence-electron chi connectivity index (χ3n) is 3.78. The van der Waals surface area contributed by atoms with E-state index < -0.39 is 0 Å². The standard InChI is InChI=1S/C15H21BrClN/c16-14-7-6-13(15(17)10-14)11-18-9-8-12-4-2-1-3-5-12/h6-7,10,12,18H,1-5,8-9,11H2. The summed E-state index contributed by atoms with van der Waals surface area (Å²) in [6.45, 7) is 1.98. The average molecular weight is 331 g/mol. The lowest BCUT2D eigenvalue weighted by Gasteiger charge is -2.21. The van der Waals surface area contributed by atoms with Gasteiger partial charge in [0.1, 0.15) is 0 Å². The summed E-state index contributed by atoms with van der Waals surface area (Å²) >= 11 is 9.61. The third kappa shape index (κ3) is 4.56. The predicted octanol–water partition coefficient (Wildman–Crippen LogP) is 5.16. The van der Waals surface area contributed by atoms with Crippen LogP contribution in [0.2, 0.25) is 5.02 Å². The normalized spacial score (nSPS) is 17.0. The molecule has 3 heteroatoms. The van der Waals surface area contributed by atoms with Gasteiger partial charge in [0.05, 0.1) is 0 Å². The highest BCUT2D eigenvalue weighted by Gasteiger charge is 2.12. The van der Waals surface area contributed by atoms with Crippen LogP contribution in [0.4, 0.5) is 0 Å². The van der Waals surface area contributed by atoms with Gasteiger partial charge in [-0.3, -0.25) is 0 Å². The van der Waals surface area contributed by atoms with Gasteiger partial charge in [-0.1, -0.05) is 65.7 Å². The Balaban J connectivity index is 1.68. The highest BCUT2D eigenvalue weighted by atomic mass is 79.9. The molecule has 100 valence electrons. The van der Waals surface area contributed by atoms with Gasteiger partial charge < -0.3 is 5.32 Å². The Hall–Kier alpha value is -0.0500. The number of benzene rings is 1. The maximum atomic E-state index is 6.19. The SMILES string of the molecule is Clc1cc(Br)ccc1CNCCC1CCCCC1. The summed E-state index contributed by atoms with van der Waals surface area (Å²) in [5.41, 5.74) is 1.18. The minimum atomic E-state index is 0.842. The molecule has 1 aromatic rings. The predicted molar refractivity (Wildman–Crippen MR) is 82.1 cm³/mol. The fraction of sp³-hybridized carbons (Fsp3) is 0.600. The zero-order valence-corrected chi connectivity index (χ0v) is 13.1. The second kappa shape index (κ2) is 7.52. The van der Waals surface area contributed by atoms with Crippen molar-refractivity contribution in [2.24, 2.45) is 5.92 Å². The van der Waals surface area contributed by atoms with E-state index in [1.807, 2.05) is 12.1 Å². The summed E-state index contributed by atoms with van der Waals surface area (Å²) in [7, 11) is 0. The molecule has 0 aromatic heterocycles. The van der Waals surface area contributed by atoms with Gasteiger partial charge in [-0.25, -0.2) is 0 Å². The molecule has 1 aromatic carbocycles. The van der Waals surface area contributed by atoms with Crippen molar-refractivity contribution in [2.75, 3.05) is 6.54 Å². The lowest BCUT2D eigenvalue weighted by atomic mass is 9.87. The molecule has 0 unspecified atom stereocenters. The van der Waals surface area contributed by atoms with E-state index >= 15 is 0 Å². The van der Waals surface area contributed by atoms with E-state index in [0.29, 0.717) is 0 Å². The molecule has 0 saturated heterocycles. The largest absolute Gasteiger partial charge is 0.313 e. The first-order valence-corrected chi connectivity index (χ1v) is 8.07. The highest BCUT2D eigenvalue weighted by molar-refractivity contribution is 9.10. The summed E-state index contributed by atoms with van der Waals surface area (Å²) < 4.78 is 1.04. The van der Waals surface area contributed by atoms with Gasteiger partial charge in [0.2, 0.25) is 0 Å². The zero-order valence-electron chi connectivity index (χ0n) is 10.7. The van der Waals surface area contributed by atoms with Crippen LogP contribution < -0.4 is 5.32 Å². The molecule has 18 heavy (non-hydrogen) atoms. The topological polar surface area (TPSA) is 12.0 Å². The maximum absolute atomic E-state index is 6.19. The van der Waals surface area contributed by atoms with Crippen LogP contribution in [0.25, 0.3) is 0 Å². The maximum Gasteiger partial charge on any atom is 0.0462 e. The Morgan fingerprint density at radius 3 is 2.72 bits per heavy atom. The van der Waals surface area contributed by atoms with Gasteiger partial charge in [0, 0.05) is 16.0 Å². The van der Waals surface area contributed by atoms with Gasteiger partial charge in [0.25, 0.3) is 0 Å². The van der Waals surface area contributed by atoms with Crippen molar-refractivity contribution in [2.45, 2.75) is 45.1 Å². The van der Waals surface area contributed by atoms with Crippen molar-refractivity contribution >= 4 is 27.5 Å². The van der Waals surface area contributed by atoms with E-state index in [1.54, 1.807) is 0 Å². The molecule has 1 aliphatic rings. The van der Waals surface area contributed by atoms with E-state index in [0.717, 1.165) is 28.5 Å². The van der Waals surface area contributed by atoms with E-state index in [9.17, 15) is 0 Å². The molecule has 0 amide bonds. The van der Waals surface area contributed by atoms with E-state index in [4.69, 9.17) is 11.6 Å². The van der Waals surface area contributed by atoms with Crippen LogP contribution in [-0.4, -0.2) is 6.54 Å². The van der Waals surface area contributed by atoms with E-state index in [2.05, 4.69) is 27.3 Å². The first-order chi connectivity index (χ1) is 8.75. The second-order valence-corrected chi connectivity index (χ2v) is 6.53. The van der Waals surface area contributed by atoms with Crippen LogP contribution in [-0.2, 0) is 6.54 Å². The van der Waals surface area contributed by atoms with Crippen molar-refractivity contribution in [3.05, 3.63) is 33.3 Å². The Morgan fingerprint density at radius 1 is 1.22 bits per heavy atom. The molecule has 2 rings (SSSR count). The van der Waals surface area contributed by atoms with E-state index in [-0.39, 0.29) is 0 Å². The lowest BCUT2D eigenvalue weighted by molar-refractivity contribution is 0.334. The molecule has 0 atom stereocenters. The first-order valence-electron chi connectivity index (χ1n) is 6.90. The summed E-state index contributed by atoms with van der Waals surface area (Å²) in [4.78, 5) is 0. The van der Waals surface area contributed by atoms with Crippen molar-refractivity contribution in [3.8, 4) is 0 Å². The third-order valence-corrected chi connectivity index (χ3v) is 4.63. The van der Waals surface area contributed by atoms with Crippen LogP contribution in [0, 0.1) is 5.92 Å². The smallest absolute Gasteiger partial charge is 0.0462 e. The number of hydrogen-bond donors (Lipinski definition) is 1. The molecule has 1 nitrogen and oxygen atoms in total. The first kappa shape index (κ1) is 14.4. The fourth-order valence-corrected chi connectivity index (χ4v) is 3.41. The molecule has 0 spiro atoms. The number of rotatable bonds is 5. The molecule has 1 aliphatic carbocycles. The number of nitrogens with one attached hydrogen (secondary N) is 1. The average Bonchev–Trinajstić information content (AvgIpc) is 2.38. The number of hydrogen-bond acceptors (Lipinski definition) is 1. The molecule has 0 bridgehead atoms. The lowest BCUT2D eigenvalue weighted by Crippen LogP contribution is -2.19. The van der Waals surface area contributed by atoms with E-state index in [1.165, 1.54) is 44.1 Å². The Bertz CT molecular complexity index is 375. The van der Waals surface area contributed by atoms with Crippen molar-refractivity contribution in [1.82, 2.24) is 5.32 Å². The summed E-state index contributed by atoms with van der Waals surface area (Å²) in [5.74, 6) is 0.951. The fourth-order valence-electron chi connectivity index (χ4n) is 2.67. The Labute approximate surface area is 123 Å². The Morgan fingerprint density at radius 2 is 2.00 bits per heavy atom. The molecule has 0 heterocycles. The van der Waals surface area contributed by atoms with Crippen LogP contribution in [0.3, 0.4) is 0 Å². The molecule has 0 aliphatic heterocycles. The molecular weight excluding hydrogens is 310 g/mol.